The van der Waals surface area contributed by atoms with E-state index in [2.05, 4.69) is 5.32 Å². The zero-order valence-corrected chi connectivity index (χ0v) is 10.7. The summed E-state index contributed by atoms with van der Waals surface area (Å²) in [5, 5.41) is 3.24. The number of esters is 1. The molecule has 0 heterocycles. The van der Waals surface area contributed by atoms with Crippen molar-refractivity contribution in [3.63, 3.8) is 0 Å². The highest BCUT2D eigenvalue weighted by atomic mass is 16.5. The molecule has 1 atom stereocenters. The predicted octanol–water partition coefficient (Wildman–Crippen LogP) is 0.723. The van der Waals surface area contributed by atoms with Crippen LogP contribution < -0.4 is 5.32 Å². The minimum absolute atomic E-state index is 0.217. The van der Waals surface area contributed by atoms with Gasteiger partial charge in [-0.2, -0.15) is 0 Å². The van der Waals surface area contributed by atoms with Crippen molar-refractivity contribution in [1.82, 2.24) is 5.32 Å². The van der Waals surface area contributed by atoms with Crippen molar-refractivity contribution in [2.24, 2.45) is 0 Å². The summed E-state index contributed by atoms with van der Waals surface area (Å²) in [5.74, 6) is -0.217. The van der Waals surface area contributed by atoms with Crippen molar-refractivity contribution in [1.29, 1.82) is 0 Å². The van der Waals surface area contributed by atoms with Crippen LogP contribution in [0.15, 0.2) is 0 Å². The van der Waals surface area contributed by atoms with E-state index in [4.69, 9.17) is 14.2 Å². The van der Waals surface area contributed by atoms with Crippen LogP contribution in [-0.4, -0.2) is 51.6 Å². The first-order chi connectivity index (χ1) is 8.27. The fourth-order valence-corrected chi connectivity index (χ4v) is 1.47. The molecule has 1 aliphatic rings. The lowest BCUT2D eigenvalue weighted by atomic mass is 10.3. The zero-order valence-electron chi connectivity index (χ0n) is 10.7. The maximum atomic E-state index is 11.6. The van der Waals surface area contributed by atoms with Crippen LogP contribution >= 0.6 is 0 Å². The molecule has 17 heavy (non-hydrogen) atoms. The van der Waals surface area contributed by atoms with Crippen LogP contribution in [-0.2, 0) is 19.0 Å². The van der Waals surface area contributed by atoms with Crippen molar-refractivity contribution in [3.8, 4) is 0 Å². The van der Waals surface area contributed by atoms with Crippen LogP contribution in [0.4, 0.5) is 0 Å². The summed E-state index contributed by atoms with van der Waals surface area (Å²) in [5.41, 5.74) is 0. The molecule has 0 aromatic heterocycles. The van der Waals surface area contributed by atoms with Crippen LogP contribution in [0, 0.1) is 0 Å². The molecule has 1 rings (SSSR count). The molecule has 0 aliphatic heterocycles. The fraction of sp³-hybridized carbons (Fsp3) is 0.917. The highest BCUT2D eigenvalue weighted by Crippen LogP contribution is 2.19. The molecule has 0 spiro atoms. The molecule has 100 valence electrons. The minimum Gasteiger partial charge on any atom is -0.465 e. The van der Waals surface area contributed by atoms with E-state index in [1.54, 1.807) is 7.11 Å². The summed E-state index contributed by atoms with van der Waals surface area (Å²) in [6, 6.07) is 0.136. The van der Waals surface area contributed by atoms with Crippen LogP contribution in [0.1, 0.15) is 26.2 Å². The number of carbonyl (C=O) groups is 1. The van der Waals surface area contributed by atoms with Crippen molar-refractivity contribution in [2.45, 2.75) is 38.3 Å². The number of rotatable bonds is 10. The van der Waals surface area contributed by atoms with Gasteiger partial charge in [-0.15, -0.1) is 0 Å². The maximum absolute atomic E-state index is 11.6. The number of ether oxygens (including phenoxy) is 3. The van der Waals surface area contributed by atoms with Crippen molar-refractivity contribution >= 4 is 5.97 Å². The van der Waals surface area contributed by atoms with E-state index >= 15 is 0 Å². The van der Waals surface area contributed by atoms with Gasteiger partial charge >= 0.3 is 5.97 Å². The normalized spacial score (nSPS) is 16.8. The number of methoxy groups -OCH3 is 1. The van der Waals surface area contributed by atoms with Gasteiger partial charge in [0.25, 0.3) is 0 Å². The maximum Gasteiger partial charge on any atom is 0.325 e. The van der Waals surface area contributed by atoms with Crippen LogP contribution in [0.2, 0.25) is 0 Å². The number of hydrogen-bond acceptors (Lipinski definition) is 5. The lowest BCUT2D eigenvalue weighted by molar-refractivity contribution is -0.147. The molecule has 0 bridgehead atoms. The largest absolute Gasteiger partial charge is 0.465 e. The summed E-state index contributed by atoms with van der Waals surface area (Å²) in [7, 11) is 1.66. The van der Waals surface area contributed by atoms with E-state index < -0.39 is 0 Å². The smallest absolute Gasteiger partial charge is 0.325 e. The molecule has 1 unspecified atom stereocenters. The molecule has 5 nitrogen and oxygen atoms in total. The summed E-state index contributed by atoms with van der Waals surface area (Å²) in [4.78, 5) is 11.6. The summed E-state index contributed by atoms with van der Waals surface area (Å²) >= 11 is 0. The molecule has 0 amide bonds. The van der Waals surface area contributed by atoms with Gasteiger partial charge in [-0.3, -0.25) is 10.1 Å². The first-order valence-corrected chi connectivity index (χ1v) is 6.27. The molecular formula is C12H23NO4. The molecule has 1 N–H and O–H groups in total. The van der Waals surface area contributed by atoms with E-state index in [9.17, 15) is 4.79 Å². The highest BCUT2D eigenvalue weighted by molar-refractivity contribution is 5.76. The third-order valence-corrected chi connectivity index (χ3v) is 2.51. The second kappa shape index (κ2) is 8.44. The summed E-state index contributed by atoms with van der Waals surface area (Å²) in [6.45, 7) is 3.88. The Balaban J connectivity index is 2.17. The molecule has 1 fully saturated rings. The molecule has 0 aromatic carbocycles. The van der Waals surface area contributed by atoms with E-state index in [0.29, 0.717) is 32.5 Å². The van der Waals surface area contributed by atoms with E-state index in [1.165, 1.54) is 0 Å². The Morgan fingerprint density at radius 1 is 1.41 bits per heavy atom. The highest BCUT2D eigenvalue weighted by Gasteiger charge is 2.29. The zero-order chi connectivity index (χ0) is 12.5. The Morgan fingerprint density at radius 2 is 2.18 bits per heavy atom. The van der Waals surface area contributed by atoms with E-state index in [0.717, 1.165) is 19.3 Å². The van der Waals surface area contributed by atoms with Crippen LogP contribution in [0.25, 0.3) is 0 Å². The third-order valence-electron chi connectivity index (χ3n) is 2.51. The van der Waals surface area contributed by atoms with Gasteiger partial charge in [-0.25, -0.2) is 0 Å². The average Bonchev–Trinajstić information content (AvgIpc) is 3.11. The van der Waals surface area contributed by atoms with E-state index in [1.807, 2.05) is 6.92 Å². The molecule has 0 saturated heterocycles. The minimum atomic E-state index is -0.329. The first-order valence-electron chi connectivity index (χ1n) is 6.27. The van der Waals surface area contributed by atoms with Gasteiger partial charge in [0.15, 0.2) is 0 Å². The molecule has 0 aromatic rings. The van der Waals surface area contributed by atoms with Gasteiger partial charge in [-0.1, -0.05) is 0 Å². The Bertz CT molecular complexity index is 219. The van der Waals surface area contributed by atoms with Gasteiger partial charge in [-0.05, 0) is 26.2 Å². The molecule has 1 saturated carbocycles. The van der Waals surface area contributed by atoms with E-state index in [-0.39, 0.29) is 12.0 Å². The third kappa shape index (κ3) is 6.61. The number of nitrogens with one attached hydrogen (secondary N) is 1. The number of carbonyl (C=O) groups excluding carboxylic acids is 1. The standard InChI is InChI=1S/C12H23NO4/c1-3-17-12(14)11(13-10-5-6-10)9-16-8-4-7-15-2/h10-11,13H,3-9H2,1-2H3. The SMILES string of the molecule is CCOC(=O)C(COCCCOC)NC1CC1. The lowest BCUT2D eigenvalue weighted by Gasteiger charge is -2.17. The number of hydrogen-bond donors (Lipinski definition) is 1. The van der Waals surface area contributed by atoms with Gasteiger partial charge in [0, 0.05) is 26.4 Å². The lowest BCUT2D eigenvalue weighted by Crippen LogP contribution is -2.43. The Morgan fingerprint density at radius 3 is 2.76 bits per heavy atom. The average molecular weight is 245 g/mol. The fourth-order valence-electron chi connectivity index (χ4n) is 1.47. The van der Waals surface area contributed by atoms with Gasteiger partial charge in [0.2, 0.25) is 0 Å². The van der Waals surface area contributed by atoms with Crippen LogP contribution in [0.5, 0.6) is 0 Å². The topological polar surface area (TPSA) is 56.8 Å². The monoisotopic (exact) mass is 245 g/mol. The van der Waals surface area contributed by atoms with Crippen molar-refractivity contribution in [2.75, 3.05) is 33.5 Å². The molecule has 5 heteroatoms. The summed E-state index contributed by atoms with van der Waals surface area (Å²) < 4.78 is 15.4. The van der Waals surface area contributed by atoms with Gasteiger partial charge < -0.3 is 14.2 Å². The molecular weight excluding hydrogens is 222 g/mol. The van der Waals surface area contributed by atoms with Crippen molar-refractivity contribution in [3.05, 3.63) is 0 Å². The Hall–Kier alpha value is -0.650. The first kappa shape index (κ1) is 14.4. The van der Waals surface area contributed by atoms with Gasteiger partial charge in [0.05, 0.1) is 13.2 Å². The van der Waals surface area contributed by atoms with Crippen LogP contribution in [0.3, 0.4) is 0 Å². The predicted molar refractivity (Wildman–Crippen MR) is 63.9 cm³/mol. The second-order valence-corrected chi connectivity index (χ2v) is 4.17. The molecule has 0 radical (unpaired) electrons. The van der Waals surface area contributed by atoms with Crippen molar-refractivity contribution < 1.29 is 19.0 Å². The second-order valence-electron chi connectivity index (χ2n) is 4.17. The van der Waals surface area contributed by atoms with Gasteiger partial charge in [0.1, 0.15) is 6.04 Å². The quantitative estimate of drug-likeness (QED) is 0.454. The summed E-state index contributed by atoms with van der Waals surface area (Å²) in [6.07, 6.45) is 3.12. The Labute approximate surface area is 103 Å². The molecule has 1 aliphatic carbocycles. The Kier molecular flexibility index (Phi) is 7.16.